The molecule has 10 heteroatoms. The van der Waals surface area contributed by atoms with Crippen molar-refractivity contribution in [1.29, 1.82) is 0 Å². The van der Waals surface area contributed by atoms with Crippen molar-refractivity contribution in [2.24, 2.45) is 17.8 Å². The molecule has 5 aliphatic rings. The number of rotatable bonds is 10. The zero-order valence-electron chi connectivity index (χ0n) is 28.0. The molecule has 3 aliphatic heterocycles. The topological polar surface area (TPSA) is 89.1 Å². The summed E-state index contributed by atoms with van der Waals surface area (Å²) in [6.45, 7) is 10.2. The van der Waals surface area contributed by atoms with Gasteiger partial charge >= 0.3 is 0 Å². The van der Waals surface area contributed by atoms with Crippen LogP contribution in [0.15, 0.2) is 36.4 Å². The Morgan fingerprint density at radius 2 is 1.91 bits per heavy atom. The first-order valence-electron chi connectivity index (χ1n) is 17.8. The van der Waals surface area contributed by atoms with E-state index in [1.807, 2.05) is 31.2 Å². The molecule has 0 bridgehead atoms. The molecule has 2 aromatic carbocycles. The maximum Gasteiger partial charge on any atom is 0.263 e. The second kappa shape index (κ2) is 14.0. The Hall–Kier alpha value is -2.17. The van der Waals surface area contributed by atoms with Gasteiger partial charge in [0.25, 0.3) is 5.91 Å². The molecule has 2 N–H and O–H groups in total. The van der Waals surface area contributed by atoms with Crippen molar-refractivity contribution in [3.63, 3.8) is 0 Å². The lowest BCUT2D eigenvalue weighted by Crippen LogP contribution is -2.48. The summed E-state index contributed by atoms with van der Waals surface area (Å²) in [6, 6.07) is 12.0. The van der Waals surface area contributed by atoms with Crippen LogP contribution in [0.2, 0.25) is 5.02 Å². The number of nitrogens with zero attached hydrogens (tertiary/aromatic N) is 1. The molecule has 0 aromatic heterocycles. The van der Waals surface area contributed by atoms with Gasteiger partial charge in [-0.15, -0.1) is 0 Å². The van der Waals surface area contributed by atoms with E-state index in [0.717, 1.165) is 87.6 Å². The Bertz CT molecular complexity index is 1480. The van der Waals surface area contributed by atoms with Crippen LogP contribution in [0.5, 0.6) is 5.75 Å². The largest absolute Gasteiger partial charge is 0.490 e. The van der Waals surface area contributed by atoms with Crippen LogP contribution < -0.4 is 19.7 Å². The highest BCUT2D eigenvalue weighted by atomic mass is 35.5. The molecular weight excluding hydrogens is 634 g/mol. The number of carbonyl (C=O) groups is 1. The van der Waals surface area contributed by atoms with Gasteiger partial charge in [0.1, 0.15) is 28.9 Å². The maximum atomic E-state index is 13.5. The fourth-order valence-electron chi connectivity index (χ4n) is 8.55. The molecule has 8 nitrogen and oxygen atoms in total. The Morgan fingerprint density at radius 3 is 2.66 bits per heavy atom. The average Bonchev–Trinajstić information content (AvgIpc) is 3.62. The molecular formula is C37H50ClN3O5S. The number of ether oxygens (including phenoxy) is 3. The van der Waals surface area contributed by atoms with Gasteiger partial charge in [-0.3, -0.25) is 9.52 Å². The number of halogens is 1. The van der Waals surface area contributed by atoms with Crippen molar-refractivity contribution in [2.45, 2.75) is 101 Å². The minimum Gasteiger partial charge on any atom is -0.490 e. The molecule has 2 aromatic rings. The van der Waals surface area contributed by atoms with Crippen molar-refractivity contribution in [1.82, 2.24) is 10.0 Å². The van der Waals surface area contributed by atoms with Crippen LogP contribution in [-0.4, -0.2) is 66.6 Å². The third-order valence-corrected chi connectivity index (χ3v) is 13.4. The van der Waals surface area contributed by atoms with Crippen LogP contribution in [0.25, 0.3) is 0 Å². The lowest BCUT2D eigenvalue weighted by Gasteiger charge is -2.45. The lowest BCUT2D eigenvalue weighted by atomic mass is 9.69. The molecule has 7 unspecified atom stereocenters. The second-order valence-electron chi connectivity index (χ2n) is 14.8. The van der Waals surface area contributed by atoms with Crippen LogP contribution in [0.3, 0.4) is 0 Å². The van der Waals surface area contributed by atoms with Crippen LogP contribution in [0.1, 0.15) is 87.2 Å². The lowest BCUT2D eigenvalue weighted by molar-refractivity contribution is -0.0955. The monoisotopic (exact) mass is 683 g/mol. The number of fused-ring (bicyclic) bond motifs is 4. The standard InChI is InChI=1S/C37H50ClN3O5S/c1-4-6-23(2)24(3)47(43)40-36(42)27-10-13-32-31(16-27)41(20-28-9-8-25(28)17-35-45-33-18-39-19-34(33)46-35)21-37(22-44-32)14-5-7-26-15-29(38)11-12-30(26)37/h10-13,15-16,23-25,28,33-35,39H,4-9,14,17-22H2,1-3H3,(H,40,42)/t23?,24?,25?,28?,33?,34?,35?,37-,47?/m0/s1. The fraction of sp³-hybridized carbons (Fsp3) is 0.649. The van der Waals surface area contributed by atoms with Gasteiger partial charge in [-0.1, -0.05) is 37.9 Å². The third-order valence-electron chi connectivity index (χ3n) is 11.7. The highest BCUT2D eigenvalue weighted by Crippen LogP contribution is 2.47. The highest BCUT2D eigenvalue weighted by molar-refractivity contribution is 7.84. The van der Waals surface area contributed by atoms with E-state index < -0.39 is 11.0 Å². The van der Waals surface area contributed by atoms with Crippen LogP contribution >= 0.6 is 11.6 Å². The summed E-state index contributed by atoms with van der Waals surface area (Å²) >= 11 is 6.46. The van der Waals surface area contributed by atoms with Crippen LogP contribution in [-0.2, 0) is 32.3 Å². The van der Waals surface area contributed by atoms with Crippen LogP contribution in [0, 0.1) is 17.8 Å². The van der Waals surface area contributed by atoms with Gasteiger partial charge in [0, 0.05) is 48.6 Å². The minimum atomic E-state index is -1.47. The predicted octanol–water partition coefficient (Wildman–Crippen LogP) is 6.16. The van der Waals surface area contributed by atoms with E-state index in [-0.39, 0.29) is 41.0 Å². The zero-order valence-corrected chi connectivity index (χ0v) is 29.5. The summed E-state index contributed by atoms with van der Waals surface area (Å²) < 4.78 is 35.1. The van der Waals surface area contributed by atoms with E-state index in [1.165, 1.54) is 17.5 Å². The van der Waals surface area contributed by atoms with Crippen LogP contribution in [0.4, 0.5) is 5.69 Å². The molecule has 3 heterocycles. The van der Waals surface area contributed by atoms with Gasteiger partial charge < -0.3 is 24.4 Å². The summed E-state index contributed by atoms with van der Waals surface area (Å²) in [5.41, 5.74) is 3.89. The van der Waals surface area contributed by atoms with E-state index >= 15 is 0 Å². The number of hydrogen-bond acceptors (Lipinski definition) is 7. The SMILES string of the molecule is CCCC(C)C(C)S(=O)NC(=O)c1ccc2c(c1)N(CC1CCC1CC1OC3CNCC3O1)C[C@@]1(CCCc3cc(Cl)ccc31)CO2. The smallest absolute Gasteiger partial charge is 0.263 e. The molecule has 3 fully saturated rings. The summed E-state index contributed by atoms with van der Waals surface area (Å²) in [5.74, 6) is 1.75. The molecule has 7 rings (SSSR count). The van der Waals surface area contributed by atoms with Gasteiger partial charge in [0.05, 0.1) is 17.5 Å². The van der Waals surface area contributed by atoms with Crippen molar-refractivity contribution in [2.75, 3.05) is 37.7 Å². The second-order valence-corrected chi connectivity index (χ2v) is 16.7. The van der Waals surface area contributed by atoms with Crippen molar-refractivity contribution in [3.8, 4) is 5.75 Å². The Labute approximate surface area is 287 Å². The van der Waals surface area contributed by atoms with E-state index in [0.29, 0.717) is 24.0 Å². The van der Waals surface area contributed by atoms with E-state index in [1.54, 1.807) is 0 Å². The molecule has 0 radical (unpaired) electrons. The van der Waals surface area contributed by atoms with Crippen molar-refractivity contribution < 1.29 is 23.2 Å². The van der Waals surface area contributed by atoms with Gasteiger partial charge in [0.15, 0.2) is 6.29 Å². The number of carbonyl (C=O) groups excluding carboxylic acids is 1. The van der Waals surface area contributed by atoms with E-state index in [9.17, 15) is 9.00 Å². The summed E-state index contributed by atoms with van der Waals surface area (Å²) in [6.07, 6.45) is 8.60. The number of aryl methyl sites for hydroxylation is 1. The first-order chi connectivity index (χ1) is 22.7. The molecule has 8 atom stereocenters. The molecule has 1 amide bonds. The predicted molar refractivity (Wildman–Crippen MR) is 187 cm³/mol. The highest BCUT2D eigenvalue weighted by Gasteiger charge is 2.45. The molecule has 256 valence electrons. The first kappa shape index (κ1) is 33.3. The van der Waals surface area contributed by atoms with E-state index in [4.69, 9.17) is 25.8 Å². The fourth-order valence-corrected chi connectivity index (χ4v) is 9.79. The summed E-state index contributed by atoms with van der Waals surface area (Å²) in [5, 5.41) is 4.01. The number of benzene rings is 2. The third kappa shape index (κ3) is 6.85. The number of anilines is 1. The molecule has 1 spiro atoms. The quantitative estimate of drug-likeness (QED) is 0.310. The number of nitrogens with one attached hydrogen (secondary N) is 2. The van der Waals surface area contributed by atoms with Gasteiger partial charge in [-0.05, 0) is 105 Å². The van der Waals surface area contributed by atoms with Crippen molar-refractivity contribution >= 4 is 34.2 Å². The maximum absolute atomic E-state index is 13.5. The van der Waals surface area contributed by atoms with E-state index in [2.05, 4.69) is 40.9 Å². The van der Waals surface area contributed by atoms with Gasteiger partial charge in [0.2, 0.25) is 0 Å². The molecule has 1 saturated carbocycles. The first-order valence-corrected chi connectivity index (χ1v) is 19.4. The molecule has 47 heavy (non-hydrogen) atoms. The van der Waals surface area contributed by atoms with Crippen molar-refractivity contribution in [3.05, 3.63) is 58.1 Å². The minimum absolute atomic E-state index is 0.125. The number of amides is 1. The van der Waals surface area contributed by atoms with Gasteiger partial charge in [-0.2, -0.15) is 0 Å². The summed E-state index contributed by atoms with van der Waals surface area (Å²) in [4.78, 5) is 16.0. The molecule has 2 aliphatic carbocycles. The Balaban J connectivity index is 1.14. The Kier molecular flexibility index (Phi) is 9.92. The van der Waals surface area contributed by atoms with Gasteiger partial charge in [-0.25, -0.2) is 4.21 Å². The normalized spacial score (nSPS) is 31.5. The number of hydrogen-bond donors (Lipinski definition) is 2. The molecule has 2 saturated heterocycles. The average molecular weight is 684 g/mol. The Morgan fingerprint density at radius 1 is 1.13 bits per heavy atom. The summed E-state index contributed by atoms with van der Waals surface area (Å²) in [7, 11) is -1.47. The zero-order chi connectivity index (χ0) is 32.7.